The number of imidazole rings is 1. The Morgan fingerprint density at radius 2 is 2.23 bits per heavy atom. The largest absolute Gasteiger partial charge is 0.357 e. The van der Waals surface area contributed by atoms with E-state index in [0.29, 0.717) is 13.0 Å². The van der Waals surface area contributed by atoms with Gasteiger partial charge in [0.15, 0.2) is 0 Å². The predicted octanol–water partition coefficient (Wildman–Crippen LogP) is 2.94. The zero-order chi connectivity index (χ0) is 15.5. The molecule has 0 spiro atoms. The van der Waals surface area contributed by atoms with Gasteiger partial charge in [0.25, 0.3) is 0 Å². The number of aromatic amines is 1. The number of fused-ring (bicyclic) bond motifs is 1. The Bertz CT molecular complexity index is 754. The number of nitrogens with zero attached hydrogens (tertiary/aromatic N) is 2. The van der Waals surface area contributed by atoms with Crippen LogP contribution < -0.4 is 5.32 Å². The summed E-state index contributed by atoms with van der Waals surface area (Å²) in [5.41, 5.74) is 2.11. The molecule has 5 nitrogen and oxygen atoms in total. The van der Waals surface area contributed by atoms with Crippen molar-refractivity contribution in [2.75, 3.05) is 0 Å². The van der Waals surface area contributed by atoms with Crippen molar-refractivity contribution in [1.29, 1.82) is 0 Å². The third-order valence-corrected chi connectivity index (χ3v) is 3.88. The number of para-hydroxylation sites is 1. The van der Waals surface area contributed by atoms with Crippen LogP contribution in [0.25, 0.3) is 10.9 Å². The maximum absolute atomic E-state index is 12.1. The molecule has 0 saturated carbocycles. The molecular weight excluding hydrogens is 276 g/mol. The van der Waals surface area contributed by atoms with Crippen molar-refractivity contribution in [3.63, 3.8) is 0 Å². The molecule has 0 bridgehead atoms. The zero-order valence-electron chi connectivity index (χ0n) is 12.8. The van der Waals surface area contributed by atoms with Crippen LogP contribution in [0.15, 0.2) is 42.7 Å². The van der Waals surface area contributed by atoms with Gasteiger partial charge in [-0.25, -0.2) is 4.98 Å². The Labute approximate surface area is 129 Å². The van der Waals surface area contributed by atoms with Crippen molar-refractivity contribution < 1.29 is 4.79 Å². The van der Waals surface area contributed by atoms with E-state index < -0.39 is 0 Å². The highest BCUT2D eigenvalue weighted by Crippen LogP contribution is 2.15. The number of nitrogens with one attached hydrogen (secondary N) is 2. The van der Waals surface area contributed by atoms with Crippen LogP contribution in [0.2, 0.25) is 0 Å². The number of aryl methyl sites for hydroxylation is 1. The predicted molar refractivity (Wildman–Crippen MR) is 86.4 cm³/mol. The molecule has 114 valence electrons. The summed E-state index contributed by atoms with van der Waals surface area (Å²) in [5.74, 6) is 0.968. The summed E-state index contributed by atoms with van der Waals surface area (Å²) < 4.78 is 2.02. The van der Waals surface area contributed by atoms with Crippen LogP contribution in [0.3, 0.4) is 0 Å². The van der Waals surface area contributed by atoms with Gasteiger partial charge in [0.1, 0.15) is 5.82 Å². The molecule has 3 aromatic rings. The summed E-state index contributed by atoms with van der Waals surface area (Å²) >= 11 is 0. The van der Waals surface area contributed by atoms with Crippen molar-refractivity contribution in [3.8, 4) is 0 Å². The highest BCUT2D eigenvalue weighted by Gasteiger charge is 2.12. The van der Waals surface area contributed by atoms with Crippen molar-refractivity contribution >= 4 is 16.8 Å². The number of benzene rings is 1. The number of H-pyrrole nitrogens is 1. The van der Waals surface area contributed by atoms with E-state index in [9.17, 15) is 4.79 Å². The van der Waals surface area contributed by atoms with Crippen LogP contribution in [0.4, 0.5) is 0 Å². The van der Waals surface area contributed by atoms with Crippen molar-refractivity contribution in [1.82, 2.24) is 19.9 Å². The summed E-state index contributed by atoms with van der Waals surface area (Å²) in [6.07, 6.45) is 4.11. The average Bonchev–Trinajstić information content (AvgIpc) is 3.10. The highest BCUT2D eigenvalue weighted by atomic mass is 16.1. The molecule has 5 heteroatoms. The molecule has 0 unspecified atom stereocenters. The van der Waals surface area contributed by atoms with Crippen molar-refractivity contribution in [2.45, 2.75) is 32.9 Å². The minimum absolute atomic E-state index is 0.0410. The molecule has 2 aromatic heterocycles. The summed E-state index contributed by atoms with van der Waals surface area (Å²) in [4.78, 5) is 19.6. The SMILES string of the molecule is Cc1nccn1[C@H](C)CC(=O)NCc1cc2ccccc2[nH]1. The first-order valence-electron chi connectivity index (χ1n) is 7.46. The molecule has 0 aliphatic rings. The van der Waals surface area contributed by atoms with Crippen molar-refractivity contribution in [3.05, 3.63) is 54.2 Å². The summed E-state index contributed by atoms with van der Waals surface area (Å²) in [6.45, 7) is 4.49. The molecule has 0 fully saturated rings. The Balaban J connectivity index is 1.57. The fraction of sp³-hybridized carbons (Fsp3) is 0.294. The van der Waals surface area contributed by atoms with Crippen molar-refractivity contribution in [2.24, 2.45) is 0 Å². The van der Waals surface area contributed by atoms with Gasteiger partial charge in [-0.05, 0) is 31.4 Å². The molecule has 0 saturated heterocycles. The number of rotatable bonds is 5. The molecule has 0 radical (unpaired) electrons. The zero-order valence-corrected chi connectivity index (χ0v) is 12.8. The molecule has 2 heterocycles. The maximum Gasteiger partial charge on any atom is 0.222 e. The minimum atomic E-state index is 0.0410. The Morgan fingerprint density at radius 1 is 1.41 bits per heavy atom. The minimum Gasteiger partial charge on any atom is -0.357 e. The lowest BCUT2D eigenvalue weighted by molar-refractivity contribution is -0.121. The number of carbonyl (C=O) groups is 1. The maximum atomic E-state index is 12.1. The molecule has 0 aliphatic carbocycles. The smallest absolute Gasteiger partial charge is 0.222 e. The average molecular weight is 296 g/mol. The number of carbonyl (C=O) groups excluding carboxylic acids is 1. The van der Waals surface area contributed by atoms with E-state index >= 15 is 0 Å². The standard InChI is InChI=1S/C17H20N4O/c1-12(21-8-7-18-13(21)2)9-17(22)19-11-15-10-14-5-3-4-6-16(14)20-15/h3-8,10,12,20H,9,11H2,1-2H3,(H,19,22)/t12-/m1/s1. The Kier molecular flexibility index (Phi) is 3.96. The molecule has 1 aromatic carbocycles. The topological polar surface area (TPSA) is 62.7 Å². The third kappa shape index (κ3) is 3.03. The normalized spacial score (nSPS) is 12.5. The number of hydrogen-bond acceptors (Lipinski definition) is 2. The molecule has 22 heavy (non-hydrogen) atoms. The van der Waals surface area contributed by atoms with Crippen LogP contribution in [0.5, 0.6) is 0 Å². The van der Waals surface area contributed by atoms with E-state index in [-0.39, 0.29) is 11.9 Å². The summed E-state index contributed by atoms with van der Waals surface area (Å²) in [6, 6.07) is 10.3. The fourth-order valence-electron chi connectivity index (χ4n) is 2.71. The summed E-state index contributed by atoms with van der Waals surface area (Å²) in [5, 5.41) is 4.13. The van der Waals surface area contributed by atoms with Gasteiger partial charge in [-0.1, -0.05) is 18.2 Å². The van der Waals surface area contributed by atoms with Gasteiger partial charge in [0, 0.05) is 36.1 Å². The van der Waals surface area contributed by atoms with Gasteiger partial charge in [0.05, 0.1) is 6.54 Å². The van der Waals surface area contributed by atoms with Gasteiger partial charge < -0.3 is 14.9 Å². The molecular formula is C17H20N4O. The van der Waals surface area contributed by atoms with E-state index in [0.717, 1.165) is 22.4 Å². The second-order valence-corrected chi connectivity index (χ2v) is 5.59. The Morgan fingerprint density at radius 3 is 2.95 bits per heavy atom. The molecule has 3 rings (SSSR count). The van der Waals surface area contributed by atoms with Gasteiger partial charge in [0.2, 0.25) is 5.91 Å². The second kappa shape index (κ2) is 6.05. The second-order valence-electron chi connectivity index (χ2n) is 5.59. The Hall–Kier alpha value is -2.56. The lowest BCUT2D eigenvalue weighted by Crippen LogP contribution is -2.25. The van der Waals surface area contributed by atoms with E-state index in [1.165, 1.54) is 0 Å². The summed E-state index contributed by atoms with van der Waals surface area (Å²) in [7, 11) is 0. The molecule has 0 aliphatic heterocycles. The van der Waals surface area contributed by atoms with Crippen LogP contribution in [0, 0.1) is 6.92 Å². The first-order chi connectivity index (χ1) is 10.6. The molecule has 1 atom stereocenters. The first-order valence-corrected chi connectivity index (χ1v) is 7.46. The van der Waals surface area contributed by atoms with Crippen LogP contribution in [-0.2, 0) is 11.3 Å². The highest BCUT2D eigenvalue weighted by molar-refractivity contribution is 5.80. The van der Waals surface area contributed by atoms with Crippen LogP contribution >= 0.6 is 0 Å². The van der Waals surface area contributed by atoms with Crippen LogP contribution in [-0.4, -0.2) is 20.4 Å². The van der Waals surface area contributed by atoms with E-state index in [1.54, 1.807) is 6.20 Å². The number of hydrogen-bond donors (Lipinski definition) is 2. The first kappa shape index (κ1) is 14.4. The lowest BCUT2D eigenvalue weighted by atomic mass is 10.2. The lowest BCUT2D eigenvalue weighted by Gasteiger charge is -2.14. The van der Waals surface area contributed by atoms with Gasteiger partial charge >= 0.3 is 0 Å². The van der Waals surface area contributed by atoms with Crippen LogP contribution in [0.1, 0.15) is 30.9 Å². The fourth-order valence-corrected chi connectivity index (χ4v) is 2.71. The van der Waals surface area contributed by atoms with Gasteiger partial charge in [-0.3, -0.25) is 4.79 Å². The quantitative estimate of drug-likeness (QED) is 0.760. The van der Waals surface area contributed by atoms with E-state index in [2.05, 4.69) is 27.4 Å². The monoisotopic (exact) mass is 296 g/mol. The van der Waals surface area contributed by atoms with Gasteiger partial charge in [-0.2, -0.15) is 0 Å². The molecule has 2 N–H and O–H groups in total. The molecule has 1 amide bonds. The van der Waals surface area contributed by atoms with E-state index in [4.69, 9.17) is 0 Å². The van der Waals surface area contributed by atoms with E-state index in [1.807, 2.05) is 42.8 Å². The number of aromatic nitrogens is 3. The number of amides is 1. The third-order valence-electron chi connectivity index (χ3n) is 3.88. The van der Waals surface area contributed by atoms with Gasteiger partial charge in [-0.15, -0.1) is 0 Å².